The van der Waals surface area contributed by atoms with Gasteiger partial charge in [-0.25, -0.2) is 9.59 Å². The third kappa shape index (κ3) is 3.68. The van der Waals surface area contributed by atoms with Crippen molar-refractivity contribution in [2.45, 2.75) is 71.2 Å². The molecule has 1 saturated carbocycles. The zero-order valence-electron chi connectivity index (χ0n) is 17.7. The van der Waals surface area contributed by atoms with E-state index in [1.165, 1.54) is 6.08 Å². The SMILES string of the molecule is C[C@@H](O)C/C=C/C=C/C(=O)O[C@H]1C=C2COC(=O)[C@]2(O)[C@@]2(C)CCCC(C)(C)[C@H]12. The molecule has 6 heteroatoms. The number of aliphatic hydroxyl groups is 2. The number of fused-ring (bicyclic) bond motifs is 3. The molecule has 2 N–H and O–H groups in total. The van der Waals surface area contributed by atoms with E-state index in [4.69, 9.17) is 9.47 Å². The van der Waals surface area contributed by atoms with Crippen LogP contribution in [0.15, 0.2) is 36.0 Å². The molecule has 1 heterocycles. The number of allylic oxidation sites excluding steroid dienone is 2. The van der Waals surface area contributed by atoms with Gasteiger partial charge in [-0.2, -0.15) is 0 Å². The summed E-state index contributed by atoms with van der Waals surface area (Å²) in [6.07, 6.45) is 10.1. The Morgan fingerprint density at radius 3 is 2.76 bits per heavy atom. The normalized spacial score (nSPS) is 37.0. The van der Waals surface area contributed by atoms with Gasteiger partial charge in [-0.3, -0.25) is 0 Å². The molecule has 0 aromatic rings. The standard InChI is InChI=1S/C23H32O6/c1-15(24)9-6-5-7-10-18(25)29-17-13-16-14-28-20(26)23(16,27)22(4)12-8-11-21(2,3)19(17)22/h5-7,10,13,15,17,19,24,27H,8-9,11-12,14H2,1-4H3/b6-5+,10-7+/t15-,17+,19+,22+,23+/m1/s1. The van der Waals surface area contributed by atoms with Crippen LogP contribution in [0.5, 0.6) is 0 Å². The van der Waals surface area contributed by atoms with Gasteiger partial charge in [0.2, 0.25) is 0 Å². The lowest BCUT2D eigenvalue weighted by atomic mass is 9.46. The molecule has 0 amide bonds. The van der Waals surface area contributed by atoms with E-state index in [1.54, 1.807) is 31.2 Å². The Hall–Kier alpha value is -1.92. The fraction of sp³-hybridized carbons (Fsp3) is 0.652. The molecule has 0 aromatic carbocycles. The molecular formula is C23H32O6. The van der Waals surface area contributed by atoms with Gasteiger partial charge in [0.15, 0.2) is 5.60 Å². The highest BCUT2D eigenvalue weighted by Crippen LogP contribution is 2.63. The number of esters is 2. The average Bonchev–Trinajstić information content (AvgIpc) is 2.90. The first-order chi connectivity index (χ1) is 13.5. The van der Waals surface area contributed by atoms with Crippen molar-refractivity contribution < 1.29 is 29.3 Å². The highest BCUT2D eigenvalue weighted by Gasteiger charge is 2.69. The Morgan fingerprint density at radius 1 is 1.34 bits per heavy atom. The highest BCUT2D eigenvalue weighted by molar-refractivity contribution is 5.88. The Kier molecular flexibility index (Phi) is 5.80. The first-order valence-electron chi connectivity index (χ1n) is 10.3. The van der Waals surface area contributed by atoms with Crippen LogP contribution in [0.1, 0.15) is 53.4 Å². The lowest BCUT2D eigenvalue weighted by Crippen LogP contribution is -2.65. The van der Waals surface area contributed by atoms with Crippen molar-refractivity contribution in [3.8, 4) is 0 Å². The number of hydrogen-bond donors (Lipinski definition) is 2. The molecule has 160 valence electrons. The van der Waals surface area contributed by atoms with Crippen LogP contribution >= 0.6 is 0 Å². The minimum absolute atomic E-state index is 0.0318. The van der Waals surface area contributed by atoms with Gasteiger partial charge in [0.1, 0.15) is 12.7 Å². The summed E-state index contributed by atoms with van der Waals surface area (Å²) >= 11 is 0. The average molecular weight is 405 g/mol. The fourth-order valence-electron chi connectivity index (χ4n) is 5.61. The van der Waals surface area contributed by atoms with Gasteiger partial charge >= 0.3 is 11.9 Å². The van der Waals surface area contributed by atoms with E-state index in [-0.39, 0.29) is 17.9 Å². The summed E-state index contributed by atoms with van der Waals surface area (Å²) in [5.74, 6) is -1.29. The van der Waals surface area contributed by atoms with E-state index in [0.29, 0.717) is 18.4 Å². The Morgan fingerprint density at radius 2 is 2.07 bits per heavy atom. The molecule has 6 nitrogen and oxygen atoms in total. The van der Waals surface area contributed by atoms with Gasteiger partial charge in [-0.15, -0.1) is 0 Å². The zero-order valence-corrected chi connectivity index (χ0v) is 17.7. The first kappa shape index (κ1) is 21.8. The van der Waals surface area contributed by atoms with Gasteiger partial charge in [-0.1, -0.05) is 45.4 Å². The predicted molar refractivity (Wildman–Crippen MR) is 108 cm³/mol. The van der Waals surface area contributed by atoms with E-state index in [9.17, 15) is 19.8 Å². The van der Waals surface area contributed by atoms with Crippen LogP contribution in [0, 0.1) is 16.7 Å². The molecule has 2 fully saturated rings. The first-order valence-corrected chi connectivity index (χ1v) is 10.3. The highest BCUT2D eigenvalue weighted by atomic mass is 16.6. The predicted octanol–water partition coefficient (Wildman–Crippen LogP) is 2.84. The van der Waals surface area contributed by atoms with Crippen molar-refractivity contribution in [2.24, 2.45) is 16.7 Å². The largest absolute Gasteiger partial charge is 0.459 e. The van der Waals surface area contributed by atoms with E-state index in [2.05, 4.69) is 13.8 Å². The maximum atomic E-state index is 12.5. The van der Waals surface area contributed by atoms with Crippen LogP contribution < -0.4 is 0 Å². The van der Waals surface area contributed by atoms with Crippen LogP contribution in [-0.4, -0.2) is 46.6 Å². The quantitative estimate of drug-likeness (QED) is 0.317. The molecule has 3 aliphatic rings. The molecule has 29 heavy (non-hydrogen) atoms. The van der Waals surface area contributed by atoms with Gasteiger partial charge in [0.25, 0.3) is 0 Å². The summed E-state index contributed by atoms with van der Waals surface area (Å²) in [5.41, 5.74) is -2.15. The summed E-state index contributed by atoms with van der Waals surface area (Å²) in [7, 11) is 0. The molecule has 1 saturated heterocycles. The van der Waals surface area contributed by atoms with Crippen LogP contribution in [-0.2, 0) is 19.1 Å². The maximum Gasteiger partial charge on any atom is 0.343 e. The van der Waals surface area contributed by atoms with Crippen molar-refractivity contribution in [2.75, 3.05) is 6.61 Å². The molecular weight excluding hydrogens is 372 g/mol. The van der Waals surface area contributed by atoms with Crippen LogP contribution in [0.4, 0.5) is 0 Å². The molecule has 0 bridgehead atoms. The summed E-state index contributed by atoms with van der Waals surface area (Å²) in [6.45, 7) is 7.86. The number of rotatable bonds is 5. The molecule has 2 aliphatic carbocycles. The second-order valence-electron chi connectivity index (χ2n) is 9.49. The topological polar surface area (TPSA) is 93.1 Å². The lowest BCUT2D eigenvalue weighted by molar-refractivity contribution is -0.194. The molecule has 0 spiro atoms. The van der Waals surface area contributed by atoms with E-state index < -0.39 is 35.2 Å². The zero-order chi connectivity index (χ0) is 21.4. The second kappa shape index (κ2) is 7.73. The minimum Gasteiger partial charge on any atom is -0.459 e. The smallest absolute Gasteiger partial charge is 0.343 e. The Bertz CT molecular complexity index is 761. The Balaban J connectivity index is 1.87. The Labute approximate surface area is 172 Å². The number of ether oxygens (including phenoxy) is 2. The summed E-state index contributed by atoms with van der Waals surface area (Å²) in [5, 5.41) is 20.7. The van der Waals surface area contributed by atoms with Crippen molar-refractivity contribution >= 4 is 11.9 Å². The van der Waals surface area contributed by atoms with Gasteiger partial charge in [-0.05, 0) is 37.7 Å². The fourth-order valence-corrected chi connectivity index (χ4v) is 5.61. The van der Waals surface area contributed by atoms with E-state index >= 15 is 0 Å². The van der Waals surface area contributed by atoms with Crippen molar-refractivity contribution in [1.82, 2.24) is 0 Å². The van der Waals surface area contributed by atoms with E-state index in [0.717, 1.165) is 12.8 Å². The van der Waals surface area contributed by atoms with Crippen LogP contribution in [0.2, 0.25) is 0 Å². The van der Waals surface area contributed by atoms with Crippen molar-refractivity contribution in [3.05, 3.63) is 36.0 Å². The molecule has 1 aliphatic heterocycles. The number of hydrogen-bond acceptors (Lipinski definition) is 6. The van der Waals surface area contributed by atoms with Crippen LogP contribution in [0.3, 0.4) is 0 Å². The van der Waals surface area contributed by atoms with Crippen molar-refractivity contribution in [1.29, 1.82) is 0 Å². The molecule has 0 aromatic heterocycles. The van der Waals surface area contributed by atoms with E-state index in [1.807, 2.05) is 6.92 Å². The summed E-state index contributed by atoms with van der Waals surface area (Å²) < 4.78 is 11.0. The third-order valence-corrected chi connectivity index (χ3v) is 6.89. The molecule has 0 unspecified atom stereocenters. The molecule has 0 radical (unpaired) electrons. The van der Waals surface area contributed by atoms with Gasteiger partial charge in [0, 0.05) is 23.0 Å². The number of cyclic esters (lactones) is 1. The third-order valence-electron chi connectivity index (χ3n) is 6.89. The minimum atomic E-state index is -1.65. The second-order valence-corrected chi connectivity index (χ2v) is 9.49. The number of carbonyl (C=O) groups is 2. The maximum absolute atomic E-state index is 12.5. The molecule has 5 atom stereocenters. The lowest BCUT2D eigenvalue weighted by Gasteiger charge is -2.59. The van der Waals surface area contributed by atoms with Gasteiger partial charge in [0.05, 0.1) is 6.10 Å². The summed E-state index contributed by atoms with van der Waals surface area (Å²) in [6, 6.07) is 0. The number of aliphatic hydroxyl groups excluding tert-OH is 1. The van der Waals surface area contributed by atoms with Crippen LogP contribution in [0.25, 0.3) is 0 Å². The van der Waals surface area contributed by atoms with Crippen molar-refractivity contribution in [3.63, 3.8) is 0 Å². The molecule has 3 rings (SSSR count). The summed E-state index contributed by atoms with van der Waals surface area (Å²) in [4.78, 5) is 25.0. The van der Waals surface area contributed by atoms with Gasteiger partial charge < -0.3 is 19.7 Å². The number of carbonyl (C=O) groups excluding carboxylic acids is 2. The monoisotopic (exact) mass is 404 g/mol.